The van der Waals surface area contributed by atoms with Crippen molar-refractivity contribution in [3.05, 3.63) is 0 Å². The highest BCUT2D eigenvalue weighted by Gasteiger charge is 2.51. The fourth-order valence-electron chi connectivity index (χ4n) is 2.07. The molecule has 9 heteroatoms. The Bertz CT molecular complexity index is 408. The van der Waals surface area contributed by atoms with Gasteiger partial charge in [-0.25, -0.2) is 5.06 Å². The predicted octanol–water partition coefficient (Wildman–Crippen LogP) is -1.47. The predicted molar refractivity (Wildman–Crippen MR) is 72.9 cm³/mol. The van der Waals surface area contributed by atoms with Crippen LogP contribution < -0.4 is 5.32 Å². The average molecular weight is 305 g/mol. The van der Waals surface area contributed by atoms with Gasteiger partial charge >= 0.3 is 0 Å². The summed E-state index contributed by atoms with van der Waals surface area (Å²) in [4.78, 5) is 21.1. The SMILES string of the molecule is CCNC1=N[C@H]2[C@@H](O)[C@H](O)[C@@H](C(=O)N(C)OC)O[C@H]2S1. The number of carbonyl (C=O) groups is 1. The van der Waals surface area contributed by atoms with E-state index < -0.39 is 35.7 Å². The maximum Gasteiger partial charge on any atom is 0.277 e. The largest absolute Gasteiger partial charge is 0.388 e. The van der Waals surface area contributed by atoms with E-state index in [-0.39, 0.29) is 0 Å². The van der Waals surface area contributed by atoms with Gasteiger partial charge in [0.2, 0.25) is 0 Å². The van der Waals surface area contributed by atoms with E-state index in [1.165, 1.54) is 25.9 Å². The van der Waals surface area contributed by atoms with Crippen LogP contribution in [-0.4, -0.2) is 76.8 Å². The summed E-state index contributed by atoms with van der Waals surface area (Å²) in [6.45, 7) is 2.62. The van der Waals surface area contributed by atoms with E-state index in [9.17, 15) is 15.0 Å². The number of aliphatic hydroxyl groups is 2. The van der Waals surface area contributed by atoms with E-state index in [0.717, 1.165) is 5.06 Å². The Morgan fingerprint density at radius 1 is 1.55 bits per heavy atom. The molecule has 0 saturated carbocycles. The number of ether oxygens (including phenoxy) is 1. The van der Waals surface area contributed by atoms with Crippen LogP contribution in [0.1, 0.15) is 6.92 Å². The number of nitrogens with zero attached hydrogens (tertiary/aromatic N) is 2. The number of likely N-dealkylation sites (N-methyl/N-ethyl adjacent to an activating group) is 1. The van der Waals surface area contributed by atoms with Gasteiger partial charge in [-0.3, -0.25) is 14.6 Å². The zero-order valence-corrected chi connectivity index (χ0v) is 12.3. The van der Waals surface area contributed by atoms with Gasteiger partial charge in [0.15, 0.2) is 11.3 Å². The standard InChI is InChI=1S/C11H19N3O5S/c1-4-12-11-13-5-6(15)7(16)8(19-10(5)20-11)9(17)14(2)18-3/h5-8,10,15-16H,4H2,1-3H3,(H,12,13)/t5-,6+,7-,8-,10-/m0/s1. The lowest BCUT2D eigenvalue weighted by molar-refractivity contribution is -0.205. The Morgan fingerprint density at radius 3 is 2.85 bits per heavy atom. The van der Waals surface area contributed by atoms with Gasteiger partial charge in [0.1, 0.15) is 23.7 Å². The Hall–Kier alpha value is -0.870. The van der Waals surface area contributed by atoms with Gasteiger partial charge in [-0.15, -0.1) is 0 Å². The molecule has 2 aliphatic rings. The molecule has 5 atom stereocenters. The summed E-state index contributed by atoms with van der Waals surface area (Å²) < 4.78 is 5.58. The zero-order valence-electron chi connectivity index (χ0n) is 11.5. The van der Waals surface area contributed by atoms with E-state index in [4.69, 9.17) is 9.57 Å². The van der Waals surface area contributed by atoms with Crippen molar-refractivity contribution in [2.75, 3.05) is 20.7 Å². The third-order valence-electron chi connectivity index (χ3n) is 3.22. The summed E-state index contributed by atoms with van der Waals surface area (Å²) in [6, 6.07) is -0.582. The molecule has 1 fully saturated rings. The first-order valence-corrected chi connectivity index (χ1v) is 7.19. The van der Waals surface area contributed by atoms with Crippen LogP contribution in [0.25, 0.3) is 0 Å². The highest BCUT2D eigenvalue weighted by molar-refractivity contribution is 8.14. The van der Waals surface area contributed by atoms with Crippen LogP contribution in [0.5, 0.6) is 0 Å². The normalized spacial score (nSPS) is 36.2. The van der Waals surface area contributed by atoms with Crippen molar-refractivity contribution in [1.29, 1.82) is 0 Å². The number of hydroxylamine groups is 2. The minimum atomic E-state index is -1.34. The van der Waals surface area contributed by atoms with E-state index in [0.29, 0.717) is 11.7 Å². The second-order valence-electron chi connectivity index (χ2n) is 4.50. The van der Waals surface area contributed by atoms with E-state index in [2.05, 4.69) is 10.3 Å². The second kappa shape index (κ2) is 6.27. The second-order valence-corrected chi connectivity index (χ2v) is 5.58. The quantitative estimate of drug-likeness (QED) is 0.547. The third kappa shape index (κ3) is 2.77. The van der Waals surface area contributed by atoms with Crippen LogP contribution in [0, 0.1) is 0 Å². The number of hydrogen-bond donors (Lipinski definition) is 3. The minimum absolute atomic E-state index is 0.498. The number of rotatable bonds is 3. The topological polar surface area (TPSA) is 104 Å². The Kier molecular flexibility index (Phi) is 4.86. The van der Waals surface area contributed by atoms with Gasteiger partial charge in [0, 0.05) is 13.6 Å². The molecule has 0 aromatic rings. The van der Waals surface area contributed by atoms with Gasteiger partial charge in [0.05, 0.1) is 7.11 Å². The van der Waals surface area contributed by atoms with Crippen molar-refractivity contribution in [1.82, 2.24) is 10.4 Å². The number of nitrogens with one attached hydrogen (secondary N) is 1. The molecule has 0 aromatic carbocycles. The van der Waals surface area contributed by atoms with E-state index in [1.54, 1.807) is 0 Å². The van der Waals surface area contributed by atoms with Gasteiger partial charge < -0.3 is 20.3 Å². The molecule has 114 valence electrons. The molecule has 0 unspecified atom stereocenters. The molecule has 20 heavy (non-hydrogen) atoms. The third-order valence-corrected chi connectivity index (χ3v) is 4.31. The zero-order chi connectivity index (χ0) is 14.9. The first-order valence-electron chi connectivity index (χ1n) is 6.31. The average Bonchev–Trinajstić information content (AvgIpc) is 2.84. The van der Waals surface area contributed by atoms with Crippen LogP contribution in [0.4, 0.5) is 0 Å². The summed E-state index contributed by atoms with van der Waals surface area (Å²) >= 11 is 1.30. The summed E-state index contributed by atoms with van der Waals surface area (Å²) in [5.41, 5.74) is -0.498. The molecule has 0 bridgehead atoms. The molecule has 3 N–H and O–H groups in total. The molecule has 2 aliphatic heterocycles. The molecule has 0 aliphatic carbocycles. The summed E-state index contributed by atoms with van der Waals surface area (Å²) in [5, 5.41) is 24.8. The van der Waals surface area contributed by atoms with Crippen molar-refractivity contribution >= 4 is 22.8 Å². The van der Waals surface area contributed by atoms with Crippen molar-refractivity contribution < 1.29 is 24.6 Å². The van der Waals surface area contributed by atoms with Crippen LogP contribution in [0.3, 0.4) is 0 Å². The maximum absolute atomic E-state index is 12.0. The van der Waals surface area contributed by atoms with Crippen molar-refractivity contribution in [2.45, 2.75) is 36.7 Å². The molecule has 0 aromatic heterocycles. The molecule has 8 nitrogen and oxygen atoms in total. The lowest BCUT2D eigenvalue weighted by Crippen LogP contribution is -2.59. The number of amides is 1. The summed E-state index contributed by atoms with van der Waals surface area (Å²) in [7, 11) is 2.75. The number of aliphatic hydroxyl groups excluding tert-OH is 2. The Balaban J connectivity index is 2.11. The summed E-state index contributed by atoms with van der Waals surface area (Å²) in [5.74, 6) is -0.546. The number of amidine groups is 1. The molecule has 0 radical (unpaired) electrons. The molecule has 0 spiro atoms. The highest BCUT2D eigenvalue weighted by atomic mass is 32.2. The van der Waals surface area contributed by atoms with Crippen molar-refractivity contribution in [3.8, 4) is 0 Å². The van der Waals surface area contributed by atoms with Crippen LogP contribution >= 0.6 is 11.8 Å². The number of thioether (sulfide) groups is 1. The smallest absolute Gasteiger partial charge is 0.277 e. The first-order chi connectivity index (χ1) is 9.49. The monoisotopic (exact) mass is 305 g/mol. The van der Waals surface area contributed by atoms with Crippen molar-refractivity contribution in [2.24, 2.45) is 4.99 Å². The van der Waals surface area contributed by atoms with E-state index in [1.807, 2.05) is 6.92 Å². The molecular weight excluding hydrogens is 286 g/mol. The lowest BCUT2D eigenvalue weighted by atomic mass is 9.98. The van der Waals surface area contributed by atoms with Gasteiger partial charge in [0.25, 0.3) is 5.91 Å². The summed E-state index contributed by atoms with van der Waals surface area (Å²) in [6.07, 6.45) is -3.66. The Morgan fingerprint density at radius 2 is 2.25 bits per heavy atom. The highest BCUT2D eigenvalue weighted by Crippen LogP contribution is 2.36. The number of fused-ring (bicyclic) bond motifs is 1. The fraction of sp³-hybridized carbons (Fsp3) is 0.818. The molecular formula is C11H19N3O5S. The fourth-order valence-corrected chi connectivity index (χ4v) is 3.24. The number of aliphatic imine (C=N–C) groups is 1. The molecule has 2 rings (SSSR count). The van der Waals surface area contributed by atoms with Crippen molar-refractivity contribution in [3.63, 3.8) is 0 Å². The Labute approximate surface area is 121 Å². The first kappa shape index (κ1) is 15.5. The maximum atomic E-state index is 12.0. The number of carbonyl (C=O) groups excluding carboxylic acids is 1. The molecule has 2 heterocycles. The van der Waals surface area contributed by atoms with Crippen LogP contribution in [0.2, 0.25) is 0 Å². The van der Waals surface area contributed by atoms with Crippen LogP contribution in [-0.2, 0) is 14.4 Å². The van der Waals surface area contributed by atoms with Crippen LogP contribution in [0.15, 0.2) is 4.99 Å². The molecule has 1 saturated heterocycles. The van der Waals surface area contributed by atoms with Gasteiger partial charge in [-0.05, 0) is 6.92 Å². The number of hydrogen-bond acceptors (Lipinski definition) is 8. The molecule has 1 amide bonds. The van der Waals surface area contributed by atoms with Gasteiger partial charge in [-0.1, -0.05) is 11.8 Å². The lowest BCUT2D eigenvalue weighted by Gasteiger charge is -2.38. The van der Waals surface area contributed by atoms with Gasteiger partial charge in [-0.2, -0.15) is 0 Å². The van der Waals surface area contributed by atoms with E-state index >= 15 is 0 Å². The minimum Gasteiger partial charge on any atom is -0.388 e.